The first-order chi connectivity index (χ1) is 16.8. The molecule has 0 saturated carbocycles. The number of rotatable bonds is 5. The number of esters is 4. The fourth-order valence-electron chi connectivity index (χ4n) is 4.83. The molecule has 0 spiro atoms. The van der Waals surface area contributed by atoms with Gasteiger partial charge in [0.15, 0.2) is 5.54 Å². The minimum atomic E-state index is -2.05. The van der Waals surface area contributed by atoms with Crippen molar-refractivity contribution in [1.82, 2.24) is 4.90 Å². The summed E-state index contributed by atoms with van der Waals surface area (Å²) in [5, 5.41) is 0. The zero-order valence-electron chi connectivity index (χ0n) is 20.0. The summed E-state index contributed by atoms with van der Waals surface area (Å²) in [5.74, 6) is -4.97. The maximum atomic E-state index is 13.8. The Morgan fingerprint density at radius 2 is 1.53 bits per heavy atom. The Labute approximate surface area is 197 Å². The molecule has 0 radical (unpaired) electrons. The van der Waals surface area contributed by atoms with Crippen LogP contribution in [0.25, 0.3) is 0 Å². The Morgan fingerprint density at radius 1 is 0.912 bits per heavy atom. The van der Waals surface area contributed by atoms with Crippen molar-refractivity contribution >= 4 is 23.9 Å². The lowest BCUT2D eigenvalue weighted by Crippen LogP contribution is -2.59. The van der Waals surface area contributed by atoms with Crippen LogP contribution < -0.4 is 0 Å². The summed E-state index contributed by atoms with van der Waals surface area (Å²) in [6.07, 6.45) is 3.63. The lowest BCUT2D eigenvalue weighted by atomic mass is 9.70. The molecule has 4 rings (SSSR count). The van der Waals surface area contributed by atoms with Gasteiger partial charge in [0.1, 0.15) is 0 Å². The summed E-state index contributed by atoms with van der Waals surface area (Å²) in [6, 6.07) is 8.68. The monoisotopic (exact) mass is 466 g/mol. The van der Waals surface area contributed by atoms with Crippen LogP contribution in [-0.4, -0.2) is 62.8 Å². The molecule has 0 aliphatic carbocycles. The van der Waals surface area contributed by atoms with Crippen molar-refractivity contribution < 1.29 is 39.5 Å². The standard InChI is InChI=1S/C25H23NO8/c1-31-21(27)18-17-12-8-11-15-13-16(14-9-6-5-7-10-14)25(26(15)17,24(30)34-4)20(23(29)33-3)19(18)22(28)32-2/h5-12,16H,13H2,1-4H3/i13D. The van der Waals surface area contributed by atoms with Crippen molar-refractivity contribution in [3.63, 3.8) is 0 Å². The van der Waals surface area contributed by atoms with Gasteiger partial charge in [-0.2, -0.15) is 0 Å². The summed E-state index contributed by atoms with van der Waals surface area (Å²) < 4.78 is 29.3. The van der Waals surface area contributed by atoms with Crippen LogP contribution in [0.4, 0.5) is 0 Å². The summed E-state index contributed by atoms with van der Waals surface area (Å²) in [6.45, 7) is 0. The molecule has 3 unspecified atom stereocenters. The Balaban J connectivity index is 2.26. The summed E-state index contributed by atoms with van der Waals surface area (Å²) >= 11 is 0. The van der Waals surface area contributed by atoms with Crippen molar-refractivity contribution in [1.29, 1.82) is 0 Å². The van der Waals surface area contributed by atoms with Gasteiger partial charge in [0.05, 0.1) is 50.9 Å². The van der Waals surface area contributed by atoms with E-state index in [1.807, 2.05) is 0 Å². The predicted octanol–water partition coefficient (Wildman–Crippen LogP) is 1.92. The van der Waals surface area contributed by atoms with E-state index in [0.29, 0.717) is 11.3 Å². The zero-order chi connectivity index (χ0) is 25.5. The Hall–Kier alpha value is -4.14. The highest BCUT2D eigenvalue weighted by Gasteiger charge is 2.67. The second kappa shape index (κ2) is 8.66. The molecule has 0 bridgehead atoms. The lowest BCUT2D eigenvalue weighted by molar-refractivity contribution is -0.154. The molecule has 1 fully saturated rings. The number of carbonyl (C=O) groups is 4. The molecule has 3 aliphatic heterocycles. The van der Waals surface area contributed by atoms with Gasteiger partial charge in [-0.25, -0.2) is 19.2 Å². The minimum absolute atomic E-state index is 0.100. The van der Waals surface area contributed by atoms with Crippen LogP contribution in [0.1, 0.15) is 19.2 Å². The lowest BCUT2D eigenvalue weighted by Gasteiger charge is -2.46. The van der Waals surface area contributed by atoms with Gasteiger partial charge in [-0.05, 0) is 24.1 Å². The Morgan fingerprint density at radius 3 is 2.12 bits per heavy atom. The topological polar surface area (TPSA) is 108 Å². The first-order valence-corrected chi connectivity index (χ1v) is 10.3. The molecule has 3 aliphatic rings. The van der Waals surface area contributed by atoms with Gasteiger partial charge in [-0.15, -0.1) is 0 Å². The molecule has 3 atom stereocenters. The molecular weight excluding hydrogens is 442 g/mol. The Bertz CT molecular complexity index is 1250. The molecule has 34 heavy (non-hydrogen) atoms. The molecule has 3 heterocycles. The van der Waals surface area contributed by atoms with Gasteiger partial charge in [0.25, 0.3) is 0 Å². The van der Waals surface area contributed by atoms with E-state index in [0.717, 1.165) is 28.4 Å². The third-order valence-corrected chi connectivity index (χ3v) is 6.12. The normalized spacial score (nSPS) is 25.2. The van der Waals surface area contributed by atoms with Crippen molar-refractivity contribution in [2.75, 3.05) is 28.4 Å². The van der Waals surface area contributed by atoms with E-state index in [2.05, 4.69) is 0 Å². The van der Waals surface area contributed by atoms with E-state index < -0.39 is 52.9 Å². The van der Waals surface area contributed by atoms with Crippen LogP contribution in [0.15, 0.2) is 76.7 Å². The second-order valence-corrected chi connectivity index (χ2v) is 7.58. The van der Waals surface area contributed by atoms with Crippen molar-refractivity contribution in [2.24, 2.45) is 0 Å². The van der Waals surface area contributed by atoms with Crippen LogP contribution in [0.2, 0.25) is 0 Å². The average molecular weight is 466 g/mol. The van der Waals surface area contributed by atoms with Gasteiger partial charge in [-0.3, -0.25) is 0 Å². The average Bonchev–Trinajstić information content (AvgIpc) is 3.17. The van der Waals surface area contributed by atoms with Gasteiger partial charge >= 0.3 is 23.9 Å². The van der Waals surface area contributed by atoms with Gasteiger partial charge < -0.3 is 23.8 Å². The van der Waals surface area contributed by atoms with Crippen LogP contribution in [0.3, 0.4) is 0 Å². The van der Waals surface area contributed by atoms with Crippen molar-refractivity contribution in [3.05, 3.63) is 82.2 Å². The number of methoxy groups -OCH3 is 4. The smallest absolute Gasteiger partial charge is 0.340 e. The minimum Gasteiger partial charge on any atom is -0.467 e. The molecule has 1 aromatic carbocycles. The molecule has 1 saturated heterocycles. The SMILES string of the molecule is [2H]C1C2=CC=CC3=C(C(=O)OC)C(C(=O)OC)=C(C(=O)OC)C(C(=O)OC)(C1c1ccccc1)N23. The number of hydrogen-bond donors (Lipinski definition) is 0. The molecular formula is C25H23NO8. The fourth-order valence-corrected chi connectivity index (χ4v) is 4.83. The van der Waals surface area contributed by atoms with E-state index in [1.54, 1.807) is 42.5 Å². The van der Waals surface area contributed by atoms with Crippen molar-refractivity contribution in [2.45, 2.75) is 17.9 Å². The van der Waals surface area contributed by atoms with E-state index in [1.165, 1.54) is 11.0 Å². The maximum absolute atomic E-state index is 13.8. The van der Waals surface area contributed by atoms with E-state index in [-0.39, 0.29) is 11.3 Å². The molecule has 0 N–H and O–H groups in total. The third kappa shape index (κ3) is 3.00. The van der Waals surface area contributed by atoms with Gasteiger partial charge in [0, 0.05) is 13.0 Å². The highest BCUT2D eigenvalue weighted by Crippen LogP contribution is 2.58. The number of allylic oxidation sites excluding steroid dienone is 4. The molecule has 9 nitrogen and oxygen atoms in total. The van der Waals surface area contributed by atoms with E-state index >= 15 is 0 Å². The predicted molar refractivity (Wildman–Crippen MR) is 118 cm³/mol. The Kier molecular flexibility index (Phi) is 5.53. The van der Waals surface area contributed by atoms with Crippen LogP contribution in [0, 0.1) is 0 Å². The highest BCUT2D eigenvalue weighted by atomic mass is 16.5. The number of hydrogen-bond acceptors (Lipinski definition) is 9. The van der Waals surface area contributed by atoms with Crippen molar-refractivity contribution in [3.8, 4) is 0 Å². The largest absolute Gasteiger partial charge is 0.467 e. The number of ether oxygens (including phenoxy) is 4. The van der Waals surface area contributed by atoms with Gasteiger partial charge in [0.2, 0.25) is 0 Å². The fraction of sp³-hybridized carbons (Fsp3) is 0.280. The van der Waals surface area contributed by atoms with Crippen LogP contribution >= 0.6 is 0 Å². The summed E-state index contributed by atoms with van der Waals surface area (Å²) in [4.78, 5) is 54.9. The first-order valence-electron chi connectivity index (χ1n) is 10.9. The van der Waals surface area contributed by atoms with E-state index in [4.69, 9.17) is 20.3 Å². The molecule has 9 heteroatoms. The molecule has 1 aromatic rings. The summed E-state index contributed by atoms with van der Waals surface area (Å²) in [5.41, 5.74) is -2.32. The maximum Gasteiger partial charge on any atom is 0.340 e. The van der Waals surface area contributed by atoms with Gasteiger partial charge in [-0.1, -0.05) is 36.4 Å². The molecule has 176 valence electrons. The third-order valence-electron chi connectivity index (χ3n) is 6.12. The quantitative estimate of drug-likeness (QED) is 0.475. The second-order valence-electron chi connectivity index (χ2n) is 7.58. The number of benzene rings is 1. The number of nitrogens with zero attached hydrogens (tertiary/aromatic N) is 1. The highest BCUT2D eigenvalue weighted by molar-refractivity contribution is 6.17. The van der Waals surface area contributed by atoms with Crippen LogP contribution in [-0.2, 0) is 38.1 Å². The van der Waals surface area contributed by atoms with E-state index in [9.17, 15) is 19.2 Å². The van der Waals surface area contributed by atoms with Crippen LogP contribution in [0.5, 0.6) is 0 Å². The first kappa shape index (κ1) is 21.7. The summed E-state index contributed by atoms with van der Waals surface area (Å²) in [7, 11) is 4.44. The zero-order valence-corrected chi connectivity index (χ0v) is 19.0. The molecule has 0 aromatic heterocycles. The number of carbonyl (C=O) groups excluding carboxylic acids is 4. The molecule has 0 amide bonds.